The number of benzene rings is 1. The molecule has 20 heavy (non-hydrogen) atoms. The highest BCUT2D eigenvalue weighted by atomic mass is 16.5. The van der Waals surface area contributed by atoms with E-state index < -0.39 is 5.97 Å². The summed E-state index contributed by atoms with van der Waals surface area (Å²) in [6.07, 6.45) is 1.47. The second kappa shape index (κ2) is 7.33. The van der Waals surface area contributed by atoms with Crippen LogP contribution in [0, 0.1) is 0 Å². The topological polar surface area (TPSA) is 61.8 Å². The summed E-state index contributed by atoms with van der Waals surface area (Å²) >= 11 is 0. The molecule has 108 valence electrons. The summed E-state index contributed by atoms with van der Waals surface area (Å²) in [7, 11) is 3.05. The Kier molecular flexibility index (Phi) is 5.77. The van der Waals surface area contributed by atoms with Crippen LogP contribution in [0.25, 0.3) is 6.08 Å². The Morgan fingerprint density at radius 1 is 1.15 bits per heavy atom. The van der Waals surface area contributed by atoms with Gasteiger partial charge in [-0.3, -0.25) is 4.79 Å². The van der Waals surface area contributed by atoms with E-state index in [-0.39, 0.29) is 18.0 Å². The van der Waals surface area contributed by atoms with Crippen molar-refractivity contribution in [3.8, 4) is 11.5 Å². The fraction of sp³-hybridized carbons (Fsp3) is 0.333. The van der Waals surface area contributed by atoms with Gasteiger partial charge in [0.15, 0.2) is 17.3 Å². The summed E-state index contributed by atoms with van der Waals surface area (Å²) in [6, 6.07) is 5.11. The van der Waals surface area contributed by atoms with E-state index in [1.54, 1.807) is 25.1 Å². The molecule has 0 saturated carbocycles. The van der Waals surface area contributed by atoms with Gasteiger partial charge in [-0.15, -0.1) is 0 Å². The van der Waals surface area contributed by atoms with E-state index in [0.717, 1.165) is 0 Å². The molecule has 0 fully saturated rings. The van der Waals surface area contributed by atoms with Crippen LogP contribution in [0.2, 0.25) is 0 Å². The number of hydrogen-bond donors (Lipinski definition) is 0. The first-order valence-electron chi connectivity index (χ1n) is 6.15. The number of Topliss-reactive ketones (excluding diaryl/α,β-unsaturated/α-hetero) is 1. The Labute approximate surface area is 118 Å². The standard InChI is InChI=1S/C15H18O5/c1-5-20-15(17)12(10(2)16)8-11-6-7-13(18-3)14(9-11)19-4/h6-9H,5H2,1-4H3/b12-8+. The van der Waals surface area contributed by atoms with Crippen LogP contribution in [0.15, 0.2) is 23.8 Å². The highest BCUT2D eigenvalue weighted by molar-refractivity contribution is 6.19. The Morgan fingerprint density at radius 3 is 2.30 bits per heavy atom. The molecule has 1 aromatic carbocycles. The van der Waals surface area contributed by atoms with Crippen LogP contribution >= 0.6 is 0 Å². The molecule has 0 aliphatic heterocycles. The van der Waals surface area contributed by atoms with Crippen molar-refractivity contribution in [3.63, 3.8) is 0 Å². The van der Waals surface area contributed by atoms with Crippen LogP contribution in [0.3, 0.4) is 0 Å². The first-order chi connectivity index (χ1) is 9.53. The van der Waals surface area contributed by atoms with Crippen LogP contribution in [0.4, 0.5) is 0 Å². The van der Waals surface area contributed by atoms with Crippen LogP contribution in [0.1, 0.15) is 19.4 Å². The van der Waals surface area contributed by atoms with E-state index >= 15 is 0 Å². The normalized spacial score (nSPS) is 10.9. The van der Waals surface area contributed by atoms with Gasteiger partial charge in [-0.1, -0.05) is 6.07 Å². The fourth-order valence-corrected chi connectivity index (χ4v) is 1.62. The molecule has 0 atom stereocenters. The Balaban J connectivity index is 3.17. The third kappa shape index (κ3) is 3.85. The lowest BCUT2D eigenvalue weighted by Crippen LogP contribution is -2.13. The average Bonchev–Trinajstić information content (AvgIpc) is 2.44. The third-order valence-electron chi connectivity index (χ3n) is 2.59. The van der Waals surface area contributed by atoms with Crippen molar-refractivity contribution in [1.82, 2.24) is 0 Å². The van der Waals surface area contributed by atoms with Crippen molar-refractivity contribution in [3.05, 3.63) is 29.3 Å². The summed E-state index contributed by atoms with van der Waals surface area (Å²) < 4.78 is 15.2. The van der Waals surface area contributed by atoms with Gasteiger partial charge < -0.3 is 14.2 Å². The number of ether oxygens (including phenoxy) is 3. The van der Waals surface area contributed by atoms with Crippen molar-refractivity contribution < 1.29 is 23.8 Å². The minimum Gasteiger partial charge on any atom is -0.493 e. The van der Waals surface area contributed by atoms with Gasteiger partial charge in [0, 0.05) is 0 Å². The lowest BCUT2D eigenvalue weighted by atomic mass is 10.1. The maximum atomic E-state index is 11.7. The Bertz CT molecular complexity index is 531. The van der Waals surface area contributed by atoms with Gasteiger partial charge in [0.2, 0.25) is 0 Å². The molecule has 0 aliphatic rings. The predicted molar refractivity (Wildman–Crippen MR) is 74.8 cm³/mol. The first-order valence-corrected chi connectivity index (χ1v) is 6.15. The zero-order valence-electron chi connectivity index (χ0n) is 12.1. The second-order valence-corrected chi connectivity index (χ2v) is 3.95. The molecule has 0 amide bonds. The van der Waals surface area contributed by atoms with E-state index in [1.807, 2.05) is 0 Å². The molecule has 0 heterocycles. The van der Waals surface area contributed by atoms with Crippen molar-refractivity contribution in [2.45, 2.75) is 13.8 Å². The van der Waals surface area contributed by atoms with E-state index in [4.69, 9.17) is 14.2 Å². The van der Waals surface area contributed by atoms with Gasteiger partial charge in [-0.05, 0) is 37.6 Å². The summed E-state index contributed by atoms with van der Waals surface area (Å²) in [4.78, 5) is 23.2. The number of esters is 1. The molecule has 1 rings (SSSR count). The van der Waals surface area contributed by atoms with Crippen molar-refractivity contribution >= 4 is 17.8 Å². The molecule has 5 heteroatoms. The minimum atomic E-state index is -0.630. The summed E-state index contributed by atoms with van der Waals surface area (Å²) in [6.45, 7) is 3.23. The molecular formula is C15H18O5. The molecule has 0 radical (unpaired) electrons. The zero-order chi connectivity index (χ0) is 15.1. The maximum absolute atomic E-state index is 11.7. The van der Waals surface area contributed by atoms with Gasteiger partial charge >= 0.3 is 5.97 Å². The Morgan fingerprint density at radius 2 is 1.80 bits per heavy atom. The SMILES string of the molecule is CCOC(=O)/C(=C/c1ccc(OC)c(OC)c1)C(C)=O. The van der Waals surface area contributed by atoms with E-state index in [1.165, 1.54) is 27.2 Å². The highest BCUT2D eigenvalue weighted by Crippen LogP contribution is 2.28. The van der Waals surface area contributed by atoms with Crippen LogP contribution in [-0.4, -0.2) is 32.6 Å². The van der Waals surface area contributed by atoms with Gasteiger partial charge in [0.1, 0.15) is 5.57 Å². The number of hydrogen-bond acceptors (Lipinski definition) is 5. The smallest absolute Gasteiger partial charge is 0.341 e. The maximum Gasteiger partial charge on any atom is 0.341 e. The van der Waals surface area contributed by atoms with Gasteiger partial charge in [0.05, 0.1) is 20.8 Å². The summed E-state index contributed by atoms with van der Waals surface area (Å²) in [5.74, 6) is 0.117. The highest BCUT2D eigenvalue weighted by Gasteiger charge is 2.16. The zero-order valence-corrected chi connectivity index (χ0v) is 12.1. The number of rotatable bonds is 6. The third-order valence-corrected chi connectivity index (χ3v) is 2.59. The van der Waals surface area contributed by atoms with Crippen molar-refractivity contribution in [1.29, 1.82) is 0 Å². The molecule has 0 bridgehead atoms. The number of ketones is 1. The molecule has 0 unspecified atom stereocenters. The molecule has 0 saturated heterocycles. The number of carbonyl (C=O) groups is 2. The Hall–Kier alpha value is -2.30. The predicted octanol–water partition coefficient (Wildman–Crippen LogP) is 2.24. The van der Waals surface area contributed by atoms with E-state index in [9.17, 15) is 9.59 Å². The van der Waals surface area contributed by atoms with Gasteiger partial charge in [-0.25, -0.2) is 4.79 Å². The molecule has 0 N–H and O–H groups in total. The lowest BCUT2D eigenvalue weighted by Gasteiger charge is -2.08. The van der Waals surface area contributed by atoms with Crippen LogP contribution < -0.4 is 9.47 Å². The van der Waals surface area contributed by atoms with E-state index in [0.29, 0.717) is 17.1 Å². The summed E-state index contributed by atoms with van der Waals surface area (Å²) in [5, 5.41) is 0. The second-order valence-electron chi connectivity index (χ2n) is 3.95. The molecule has 0 spiro atoms. The number of methoxy groups -OCH3 is 2. The minimum absolute atomic E-state index is 0.000861. The lowest BCUT2D eigenvalue weighted by molar-refractivity contribution is -0.139. The quantitative estimate of drug-likeness (QED) is 0.345. The fourth-order valence-electron chi connectivity index (χ4n) is 1.62. The summed E-state index contributed by atoms with van der Waals surface area (Å²) in [5.41, 5.74) is 0.653. The van der Waals surface area contributed by atoms with Gasteiger partial charge in [-0.2, -0.15) is 0 Å². The first kappa shape index (κ1) is 15.8. The molecule has 1 aromatic rings. The van der Waals surface area contributed by atoms with Gasteiger partial charge in [0.25, 0.3) is 0 Å². The monoisotopic (exact) mass is 278 g/mol. The largest absolute Gasteiger partial charge is 0.493 e. The van der Waals surface area contributed by atoms with E-state index in [2.05, 4.69) is 0 Å². The van der Waals surface area contributed by atoms with Crippen molar-refractivity contribution in [2.24, 2.45) is 0 Å². The molecular weight excluding hydrogens is 260 g/mol. The van der Waals surface area contributed by atoms with Crippen LogP contribution in [-0.2, 0) is 14.3 Å². The van der Waals surface area contributed by atoms with Crippen molar-refractivity contribution in [2.75, 3.05) is 20.8 Å². The van der Waals surface area contributed by atoms with Crippen LogP contribution in [0.5, 0.6) is 11.5 Å². The number of carbonyl (C=O) groups excluding carboxylic acids is 2. The molecule has 5 nitrogen and oxygen atoms in total. The molecule has 0 aromatic heterocycles. The molecule has 0 aliphatic carbocycles. The average molecular weight is 278 g/mol.